The van der Waals surface area contributed by atoms with Gasteiger partial charge < -0.3 is 5.73 Å². The molecule has 0 aliphatic rings. The van der Waals surface area contributed by atoms with Crippen molar-refractivity contribution in [1.82, 2.24) is 4.72 Å². The monoisotopic (exact) mass is 276 g/mol. The van der Waals surface area contributed by atoms with Crippen molar-refractivity contribution in [3.05, 3.63) is 54.6 Å². The minimum atomic E-state index is -3.53. The van der Waals surface area contributed by atoms with Crippen LogP contribution in [0.2, 0.25) is 0 Å². The number of benzene rings is 2. The van der Waals surface area contributed by atoms with Crippen LogP contribution in [0.25, 0.3) is 11.1 Å². The van der Waals surface area contributed by atoms with Gasteiger partial charge >= 0.3 is 0 Å². The maximum absolute atomic E-state index is 12.2. The summed E-state index contributed by atoms with van der Waals surface area (Å²) in [6.07, 6.45) is 0. The molecule has 0 spiro atoms. The van der Waals surface area contributed by atoms with E-state index in [0.717, 1.165) is 5.56 Å². The maximum Gasteiger partial charge on any atom is 0.241 e. The maximum atomic E-state index is 12.2. The van der Waals surface area contributed by atoms with E-state index in [1.54, 1.807) is 18.2 Å². The minimum absolute atomic E-state index is 0.228. The third kappa shape index (κ3) is 3.20. The van der Waals surface area contributed by atoms with Gasteiger partial charge in [-0.3, -0.25) is 0 Å². The number of nitrogens with one attached hydrogen (secondary N) is 1. The Morgan fingerprint density at radius 3 is 2.26 bits per heavy atom. The van der Waals surface area contributed by atoms with Crippen LogP contribution in [0.15, 0.2) is 59.5 Å². The second-order valence-corrected chi connectivity index (χ2v) is 5.78. The number of hydrogen-bond acceptors (Lipinski definition) is 3. The van der Waals surface area contributed by atoms with E-state index in [9.17, 15) is 8.42 Å². The Bertz CT molecular complexity index is 640. The van der Waals surface area contributed by atoms with Gasteiger partial charge in [-0.05, 0) is 11.6 Å². The van der Waals surface area contributed by atoms with Crippen LogP contribution in [-0.2, 0) is 10.0 Å². The molecule has 0 atom stereocenters. The Hall–Kier alpha value is -1.69. The molecule has 0 aliphatic heterocycles. The van der Waals surface area contributed by atoms with Crippen LogP contribution in [-0.4, -0.2) is 21.5 Å². The molecule has 0 bridgehead atoms. The lowest BCUT2D eigenvalue weighted by Crippen LogP contribution is -2.29. The van der Waals surface area contributed by atoms with E-state index in [4.69, 9.17) is 5.73 Å². The number of sulfonamides is 1. The molecule has 2 rings (SSSR count). The van der Waals surface area contributed by atoms with Crippen LogP contribution in [0, 0.1) is 0 Å². The summed E-state index contributed by atoms with van der Waals surface area (Å²) >= 11 is 0. The van der Waals surface area contributed by atoms with E-state index < -0.39 is 10.0 Å². The summed E-state index contributed by atoms with van der Waals surface area (Å²) in [5.41, 5.74) is 6.90. The summed E-state index contributed by atoms with van der Waals surface area (Å²) in [5, 5.41) is 0. The zero-order valence-electron chi connectivity index (χ0n) is 10.4. The fourth-order valence-electron chi connectivity index (χ4n) is 1.83. The topological polar surface area (TPSA) is 72.2 Å². The highest BCUT2D eigenvalue weighted by Gasteiger charge is 2.17. The van der Waals surface area contributed by atoms with Crippen LogP contribution in [0.4, 0.5) is 0 Å². The van der Waals surface area contributed by atoms with Crippen LogP contribution in [0.1, 0.15) is 0 Å². The molecule has 0 saturated carbocycles. The molecule has 0 aromatic heterocycles. The van der Waals surface area contributed by atoms with Gasteiger partial charge in [0.15, 0.2) is 0 Å². The standard InChI is InChI=1S/C14H16N2O2S/c15-10-11-16-19(17,18)14-9-5-4-8-13(14)12-6-2-1-3-7-12/h1-9,16H,10-11,15H2. The highest BCUT2D eigenvalue weighted by molar-refractivity contribution is 7.89. The van der Waals surface area contributed by atoms with Gasteiger partial charge in [0.25, 0.3) is 0 Å². The zero-order valence-corrected chi connectivity index (χ0v) is 11.2. The summed E-state index contributed by atoms with van der Waals surface area (Å²) in [7, 11) is -3.53. The van der Waals surface area contributed by atoms with E-state index in [2.05, 4.69) is 4.72 Å². The highest BCUT2D eigenvalue weighted by Crippen LogP contribution is 2.26. The summed E-state index contributed by atoms with van der Waals surface area (Å²) in [5.74, 6) is 0. The van der Waals surface area contributed by atoms with Crippen molar-refractivity contribution in [3.8, 4) is 11.1 Å². The van der Waals surface area contributed by atoms with E-state index in [0.29, 0.717) is 5.56 Å². The van der Waals surface area contributed by atoms with Gasteiger partial charge in [-0.1, -0.05) is 48.5 Å². The third-order valence-electron chi connectivity index (χ3n) is 2.70. The van der Waals surface area contributed by atoms with Crippen LogP contribution in [0.5, 0.6) is 0 Å². The quantitative estimate of drug-likeness (QED) is 0.871. The molecule has 0 unspecified atom stereocenters. The van der Waals surface area contributed by atoms with Crippen LogP contribution < -0.4 is 10.5 Å². The van der Waals surface area contributed by atoms with Gasteiger partial charge in [0, 0.05) is 18.7 Å². The predicted octanol–water partition coefficient (Wildman–Crippen LogP) is 1.59. The minimum Gasteiger partial charge on any atom is -0.329 e. The van der Waals surface area contributed by atoms with Crippen LogP contribution >= 0.6 is 0 Å². The van der Waals surface area contributed by atoms with Crippen molar-refractivity contribution in [3.63, 3.8) is 0 Å². The van der Waals surface area contributed by atoms with Crippen molar-refractivity contribution in [2.75, 3.05) is 13.1 Å². The Labute approximate surface area is 113 Å². The normalized spacial score (nSPS) is 11.4. The SMILES string of the molecule is NCCNS(=O)(=O)c1ccccc1-c1ccccc1. The molecule has 19 heavy (non-hydrogen) atoms. The van der Waals surface area contributed by atoms with Crippen molar-refractivity contribution < 1.29 is 8.42 Å². The summed E-state index contributed by atoms with van der Waals surface area (Å²) in [6.45, 7) is 0.498. The van der Waals surface area contributed by atoms with Crippen LogP contribution in [0.3, 0.4) is 0 Å². The second kappa shape index (κ2) is 5.97. The molecule has 0 heterocycles. The summed E-state index contributed by atoms with van der Waals surface area (Å²) < 4.78 is 26.9. The van der Waals surface area contributed by atoms with Crippen molar-refractivity contribution in [1.29, 1.82) is 0 Å². The van der Waals surface area contributed by atoms with Gasteiger partial charge in [-0.2, -0.15) is 0 Å². The van der Waals surface area contributed by atoms with Gasteiger partial charge in [-0.15, -0.1) is 0 Å². The number of rotatable bonds is 5. The largest absolute Gasteiger partial charge is 0.329 e. The van der Waals surface area contributed by atoms with Gasteiger partial charge in [0.2, 0.25) is 10.0 Å². The van der Waals surface area contributed by atoms with E-state index in [-0.39, 0.29) is 18.0 Å². The van der Waals surface area contributed by atoms with Crippen molar-refractivity contribution in [2.24, 2.45) is 5.73 Å². The fourth-order valence-corrected chi connectivity index (χ4v) is 3.10. The molecule has 2 aromatic rings. The predicted molar refractivity (Wildman–Crippen MR) is 76.1 cm³/mol. The first-order valence-electron chi connectivity index (χ1n) is 5.99. The molecule has 100 valence electrons. The molecule has 0 amide bonds. The lowest BCUT2D eigenvalue weighted by atomic mass is 10.1. The first-order chi connectivity index (χ1) is 9.15. The molecular formula is C14H16N2O2S. The van der Waals surface area contributed by atoms with Crippen molar-refractivity contribution in [2.45, 2.75) is 4.90 Å². The molecule has 0 saturated heterocycles. The van der Waals surface area contributed by atoms with E-state index in [1.807, 2.05) is 36.4 Å². The summed E-state index contributed by atoms with van der Waals surface area (Å²) in [6, 6.07) is 16.4. The Morgan fingerprint density at radius 1 is 0.947 bits per heavy atom. The van der Waals surface area contributed by atoms with Crippen molar-refractivity contribution >= 4 is 10.0 Å². The zero-order chi connectivity index (χ0) is 13.7. The molecule has 4 nitrogen and oxygen atoms in total. The first-order valence-corrected chi connectivity index (χ1v) is 7.47. The Kier molecular flexibility index (Phi) is 4.31. The fraction of sp³-hybridized carbons (Fsp3) is 0.143. The first kappa shape index (κ1) is 13.7. The number of nitrogens with two attached hydrogens (primary N) is 1. The van der Waals surface area contributed by atoms with Gasteiger partial charge in [0.1, 0.15) is 0 Å². The molecule has 0 fully saturated rings. The third-order valence-corrected chi connectivity index (χ3v) is 4.22. The van der Waals surface area contributed by atoms with E-state index in [1.165, 1.54) is 0 Å². The molecule has 3 N–H and O–H groups in total. The molecular weight excluding hydrogens is 260 g/mol. The lowest BCUT2D eigenvalue weighted by molar-refractivity contribution is 0.582. The average Bonchev–Trinajstić information content (AvgIpc) is 2.46. The molecule has 5 heteroatoms. The Balaban J connectivity index is 2.48. The molecule has 2 aromatic carbocycles. The van der Waals surface area contributed by atoms with Gasteiger partial charge in [-0.25, -0.2) is 13.1 Å². The summed E-state index contributed by atoms with van der Waals surface area (Å²) in [4.78, 5) is 0.273. The smallest absolute Gasteiger partial charge is 0.241 e. The highest BCUT2D eigenvalue weighted by atomic mass is 32.2. The average molecular weight is 276 g/mol. The number of hydrogen-bond donors (Lipinski definition) is 2. The van der Waals surface area contributed by atoms with Gasteiger partial charge in [0.05, 0.1) is 4.90 Å². The molecule has 0 aliphatic carbocycles. The lowest BCUT2D eigenvalue weighted by Gasteiger charge is -2.11. The Morgan fingerprint density at radius 2 is 1.58 bits per heavy atom. The molecule has 0 radical (unpaired) electrons. The van der Waals surface area contributed by atoms with E-state index >= 15 is 0 Å². The second-order valence-electron chi connectivity index (χ2n) is 4.05.